The van der Waals surface area contributed by atoms with E-state index in [1.165, 1.54) is 18.0 Å². The van der Waals surface area contributed by atoms with E-state index >= 15 is 0 Å². The molecule has 0 spiro atoms. The first-order valence-corrected chi connectivity index (χ1v) is 7.24. The highest BCUT2D eigenvalue weighted by atomic mass is 32.2. The Kier molecular flexibility index (Phi) is 4.05. The minimum absolute atomic E-state index is 0.482. The smallest absolute Gasteiger partial charge is 0.205 e. The molecule has 1 aliphatic rings. The van der Waals surface area contributed by atoms with Crippen molar-refractivity contribution in [2.75, 3.05) is 18.0 Å². The summed E-state index contributed by atoms with van der Waals surface area (Å²) < 4.78 is 13.0. The standard InChI is InChI=1S/C10H17N3OS2/c1-7-3-8(2)5-13(4-7)10-11-9(6-15-14)12-16-10/h7-8,14H,3-6H2,1-2H3. The molecule has 0 aromatic carbocycles. The van der Waals surface area contributed by atoms with E-state index in [9.17, 15) is 0 Å². The zero-order chi connectivity index (χ0) is 11.5. The van der Waals surface area contributed by atoms with Gasteiger partial charge in [-0.2, -0.15) is 4.37 Å². The lowest BCUT2D eigenvalue weighted by molar-refractivity contribution is 0.356. The van der Waals surface area contributed by atoms with Crippen LogP contribution in [0.2, 0.25) is 0 Å². The van der Waals surface area contributed by atoms with Gasteiger partial charge in [0.15, 0.2) is 5.82 Å². The predicted octanol–water partition coefficient (Wildman–Crippen LogP) is 2.73. The van der Waals surface area contributed by atoms with Gasteiger partial charge >= 0.3 is 0 Å². The van der Waals surface area contributed by atoms with Gasteiger partial charge in [0.1, 0.15) is 0 Å². The summed E-state index contributed by atoms with van der Waals surface area (Å²) in [5.74, 6) is 2.67. The molecule has 2 rings (SSSR count). The molecule has 1 aromatic rings. The molecule has 2 heterocycles. The Bertz CT molecular complexity index is 335. The Hall–Kier alpha value is -0.330. The van der Waals surface area contributed by atoms with Gasteiger partial charge in [-0.25, -0.2) is 4.98 Å². The van der Waals surface area contributed by atoms with Crippen molar-refractivity contribution in [1.29, 1.82) is 0 Å². The Balaban J connectivity index is 2.04. The lowest BCUT2D eigenvalue weighted by Gasteiger charge is -2.34. The molecule has 0 radical (unpaired) electrons. The molecule has 16 heavy (non-hydrogen) atoms. The highest BCUT2D eigenvalue weighted by Crippen LogP contribution is 2.27. The minimum Gasteiger partial charge on any atom is -0.346 e. The summed E-state index contributed by atoms with van der Waals surface area (Å²) in [6.45, 7) is 6.72. The van der Waals surface area contributed by atoms with Crippen LogP contribution in [0.5, 0.6) is 0 Å². The molecule has 0 aliphatic carbocycles. The Morgan fingerprint density at radius 1 is 1.44 bits per heavy atom. The average molecular weight is 259 g/mol. The first-order valence-electron chi connectivity index (χ1n) is 5.53. The van der Waals surface area contributed by atoms with E-state index in [0.29, 0.717) is 5.75 Å². The molecule has 1 aromatic heterocycles. The maximum atomic E-state index is 8.75. The first-order chi connectivity index (χ1) is 7.69. The van der Waals surface area contributed by atoms with Gasteiger partial charge in [-0.05, 0) is 30.3 Å². The van der Waals surface area contributed by atoms with Crippen LogP contribution in [0.15, 0.2) is 0 Å². The third kappa shape index (κ3) is 2.87. The number of aromatic nitrogens is 2. The zero-order valence-electron chi connectivity index (χ0n) is 9.59. The second-order valence-electron chi connectivity index (χ2n) is 4.62. The summed E-state index contributed by atoms with van der Waals surface area (Å²) in [6.07, 6.45) is 1.30. The molecular formula is C10H17N3OS2. The highest BCUT2D eigenvalue weighted by Gasteiger charge is 2.24. The summed E-state index contributed by atoms with van der Waals surface area (Å²) >= 11 is 2.22. The van der Waals surface area contributed by atoms with Gasteiger partial charge in [-0.1, -0.05) is 13.8 Å². The second kappa shape index (κ2) is 5.33. The van der Waals surface area contributed by atoms with E-state index in [1.807, 2.05) is 0 Å². The highest BCUT2D eigenvalue weighted by molar-refractivity contribution is 7.92. The summed E-state index contributed by atoms with van der Waals surface area (Å²) in [7, 11) is 0. The fourth-order valence-electron chi connectivity index (χ4n) is 2.31. The maximum Gasteiger partial charge on any atom is 0.205 e. The quantitative estimate of drug-likeness (QED) is 0.846. The lowest BCUT2D eigenvalue weighted by Crippen LogP contribution is -2.38. The van der Waals surface area contributed by atoms with Crippen molar-refractivity contribution in [1.82, 2.24) is 9.36 Å². The molecule has 0 bridgehead atoms. The predicted molar refractivity (Wildman–Crippen MR) is 69.0 cm³/mol. The molecule has 2 unspecified atom stereocenters. The Labute approximate surface area is 104 Å². The van der Waals surface area contributed by atoms with Crippen molar-refractivity contribution >= 4 is 28.7 Å². The van der Waals surface area contributed by atoms with E-state index in [2.05, 4.69) is 28.1 Å². The van der Waals surface area contributed by atoms with Crippen LogP contribution in [0.25, 0.3) is 0 Å². The van der Waals surface area contributed by atoms with Crippen LogP contribution in [-0.4, -0.2) is 27.0 Å². The molecule has 1 saturated heterocycles. The summed E-state index contributed by atoms with van der Waals surface area (Å²) in [4.78, 5) is 6.77. The van der Waals surface area contributed by atoms with Gasteiger partial charge in [-0.15, -0.1) is 0 Å². The Morgan fingerprint density at radius 3 is 2.75 bits per heavy atom. The van der Waals surface area contributed by atoms with E-state index in [1.54, 1.807) is 0 Å². The molecule has 6 heteroatoms. The summed E-state index contributed by atoms with van der Waals surface area (Å²) in [6, 6.07) is 0. The zero-order valence-corrected chi connectivity index (χ0v) is 11.2. The van der Waals surface area contributed by atoms with Crippen LogP contribution >= 0.6 is 23.6 Å². The van der Waals surface area contributed by atoms with Crippen LogP contribution < -0.4 is 4.90 Å². The van der Waals surface area contributed by atoms with Crippen molar-refractivity contribution in [3.63, 3.8) is 0 Å². The van der Waals surface area contributed by atoms with Crippen LogP contribution in [0.1, 0.15) is 26.1 Å². The SMILES string of the molecule is CC1CC(C)CN(c2nc(CSO)ns2)C1. The molecule has 1 N–H and O–H groups in total. The molecular weight excluding hydrogens is 242 g/mol. The molecule has 1 fully saturated rings. The summed E-state index contributed by atoms with van der Waals surface area (Å²) in [5.41, 5.74) is 0. The first kappa shape index (κ1) is 12.1. The Morgan fingerprint density at radius 2 is 2.12 bits per heavy atom. The van der Waals surface area contributed by atoms with Crippen LogP contribution in [-0.2, 0) is 5.75 Å². The molecule has 90 valence electrons. The third-order valence-corrected chi connectivity index (χ3v) is 3.99. The lowest BCUT2D eigenvalue weighted by atomic mass is 9.92. The third-order valence-electron chi connectivity index (χ3n) is 2.79. The number of nitrogens with zero attached hydrogens (tertiary/aromatic N) is 3. The molecule has 0 saturated carbocycles. The van der Waals surface area contributed by atoms with Gasteiger partial charge in [0.2, 0.25) is 5.13 Å². The van der Waals surface area contributed by atoms with Crippen LogP contribution in [0.4, 0.5) is 5.13 Å². The molecule has 2 atom stereocenters. The van der Waals surface area contributed by atoms with Gasteiger partial charge < -0.3 is 9.45 Å². The number of hydrogen-bond donors (Lipinski definition) is 1. The van der Waals surface area contributed by atoms with Gasteiger partial charge in [0, 0.05) is 24.6 Å². The van der Waals surface area contributed by atoms with E-state index in [0.717, 1.165) is 47.9 Å². The van der Waals surface area contributed by atoms with Crippen molar-refractivity contribution < 1.29 is 4.55 Å². The molecule has 0 amide bonds. The van der Waals surface area contributed by atoms with Gasteiger partial charge in [0.05, 0.1) is 5.75 Å². The van der Waals surface area contributed by atoms with E-state index in [-0.39, 0.29) is 0 Å². The van der Waals surface area contributed by atoms with Crippen molar-refractivity contribution in [3.8, 4) is 0 Å². The monoisotopic (exact) mass is 259 g/mol. The number of piperidine rings is 1. The van der Waals surface area contributed by atoms with Crippen LogP contribution in [0, 0.1) is 11.8 Å². The molecule has 4 nitrogen and oxygen atoms in total. The molecule has 1 aliphatic heterocycles. The van der Waals surface area contributed by atoms with Crippen molar-refractivity contribution in [2.45, 2.75) is 26.0 Å². The summed E-state index contributed by atoms with van der Waals surface area (Å²) in [5, 5.41) is 1.00. The number of rotatable bonds is 3. The number of hydrogen-bond acceptors (Lipinski definition) is 6. The average Bonchev–Trinajstić information content (AvgIpc) is 2.65. The normalized spacial score (nSPS) is 26.1. The van der Waals surface area contributed by atoms with Crippen molar-refractivity contribution in [2.24, 2.45) is 11.8 Å². The van der Waals surface area contributed by atoms with Crippen LogP contribution in [0.3, 0.4) is 0 Å². The van der Waals surface area contributed by atoms with Gasteiger partial charge in [0.25, 0.3) is 0 Å². The fraction of sp³-hybridized carbons (Fsp3) is 0.800. The topological polar surface area (TPSA) is 49.2 Å². The fourth-order valence-corrected chi connectivity index (χ4v) is 3.34. The largest absolute Gasteiger partial charge is 0.346 e. The second-order valence-corrected chi connectivity index (χ2v) is 5.89. The van der Waals surface area contributed by atoms with Gasteiger partial charge in [-0.3, -0.25) is 0 Å². The number of anilines is 1. The van der Waals surface area contributed by atoms with Crippen molar-refractivity contribution in [3.05, 3.63) is 5.82 Å². The minimum atomic E-state index is 0.482. The maximum absolute atomic E-state index is 8.75. The van der Waals surface area contributed by atoms with E-state index in [4.69, 9.17) is 4.55 Å². The van der Waals surface area contributed by atoms with E-state index < -0.39 is 0 Å².